The van der Waals surface area contributed by atoms with E-state index in [0.29, 0.717) is 22.3 Å². The number of para-hydroxylation sites is 1. The zero-order chi connectivity index (χ0) is 25.3. The second-order valence-corrected chi connectivity index (χ2v) is 8.38. The van der Waals surface area contributed by atoms with Crippen molar-refractivity contribution in [1.29, 1.82) is 0 Å². The zero-order valence-corrected chi connectivity index (χ0v) is 19.7. The van der Waals surface area contributed by atoms with Crippen LogP contribution in [0.4, 0.5) is 5.69 Å². The van der Waals surface area contributed by atoms with E-state index in [1.54, 1.807) is 31.4 Å². The molecular formula is C26H24N4O5. The van der Waals surface area contributed by atoms with Gasteiger partial charge in [-0.2, -0.15) is 9.78 Å². The van der Waals surface area contributed by atoms with Crippen molar-refractivity contribution in [3.63, 3.8) is 0 Å². The Hall–Kier alpha value is -4.53. The van der Waals surface area contributed by atoms with Crippen LogP contribution in [0.2, 0.25) is 0 Å². The lowest BCUT2D eigenvalue weighted by molar-refractivity contribution is -0.384. The highest BCUT2D eigenvalue weighted by Crippen LogP contribution is 2.34. The van der Waals surface area contributed by atoms with Gasteiger partial charge in [0.05, 0.1) is 29.2 Å². The summed E-state index contributed by atoms with van der Waals surface area (Å²) in [6.45, 7) is 5.98. The number of aryl methyl sites for hydroxylation is 1. The number of aromatic nitrogens is 2. The molecule has 3 aromatic carbocycles. The number of nitro groups is 1. The number of nitro benzene ring substituents is 1. The lowest BCUT2D eigenvalue weighted by Crippen LogP contribution is -2.20. The number of fused-ring (bicyclic) bond motifs is 1. The van der Waals surface area contributed by atoms with E-state index in [9.17, 15) is 20.0 Å². The SMILES string of the molecule is COc1cc(C)c(-c2nc3ccccc3c(=O)n2N=Cc2cc([N+](=O)[O-])ccc2O)cc1C(C)C. The van der Waals surface area contributed by atoms with Crippen molar-refractivity contribution < 1.29 is 14.8 Å². The molecule has 0 fully saturated rings. The van der Waals surface area contributed by atoms with Crippen molar-refractivity contribution >= 4 is 22.8 Å². The fraction of sp³-hybridized carbons (Fsp3) is 0.192. The zero-order valence-electron chi connectivity index (χ0n) is 19.7. The van der Waals surface area contributed by atoms with Crippen molar-refractivity contribution in [3.8, 4) is 22.9 Å². The number of non-ortho nitro benzene ring substituents is 1. The molecule has 0 aliphatic carbocycles. The molecule has 1 heterocycles. The van der Waals surface area contributed by atoms with Crippen LogP contribution in [-0.4, -0.2) is 33.0 Å². The molecule has 1 aromatic heterocycles. The summed E-state index contributed by atoms with van der Waals surface area (Å²) < 4.78 is 6.70. The highest BCUT2D eigenvalue weighted by atomic mass is 16.6. The quantitative estimate of drug-likeness (QED) is 0.240. The molecule has 0 bridgehead atoms. The van der Waals surface area contributed by atoms with Gasteiger partial charge in [-0.25, -0.2) is 4.98 Å². The summed E-state index contributed by atoms with van der Waals surface area (Å²) in [5, 5.41) is 26.0. The van der Waals surface area contributed by atoms with Crippen molar-refractivity contribution in [3.05, 3.63) is 91.8 Å². The molecule has 0 atom stereocenters. The van der Waals surface area contributed by atoms with Gasteiger partial charge in [0.15, 0.2) is 5.82 Å². The number of benzene rings is 3. The van der Waals surface area contributed by atoms with Crippen LogP contribution in [0, 0.1) is 17.0 Å². The van der Waals surface area contributed by atoms with E-state index in [4.69, 9.17) is 9.72 Å². The molecule has 0 radical (unpaired) electrons. The van der Waals surface area contributed by atoms with Crippen molar-refractivity contribution in [2.24, 2.45) is 5.10 Å². The van der Waals surface area contributed by atoms with E-state index < -0.39 is 10.5 Å². The van der Waals surface area contributed by atoms with Crippen LogP contribution in [0.3, 0.4) is 0 Å². The highest BCUT2D eigenvalue weighted by molar-refractivity contribution is 5.85. The lowest BCUT2D eigenvalue weighted by atomic mass is 9.96. The van der Waals surface area contributed by atoms with Gasteiger partial charge in [-0.1, -0.05) is 26.0 Å². The first-order valence-electron chi connectivity index (χ1n) is 10.9. The number of ether oxygens (including phenoxy) is 1. The summed E-state index contributed by atoms with van der Waals surface area (Å²) in [6, 6.07) is 14.4. The second kappa shape index (κ2) is 9.38. The van der Waals surface area contributed by atoms with Crippen molar-refractivity contribution in [1.82, 2.24) is 9.66 Å². The van der Waals surface area contributed by atoms with Gasteiger partial charge in [0.1, 0.15) is 11.5 Å². The Morgan fingerprint density at radius 3 is 2.60 bits per heavy atom. The average molecular weight is 473 g/mol. The third kappa shape index (κ3) is 4.48. The smallest absolute Gasteiger partial charge is 0.282 e. The molecular weight excluding hydrogens is 448 g/mol. The summed E-state index contributed by atoms with van der Waals surface area (Å²) in [5.41, 5.74) is 2.46. The molecule has 0 saturated carbocycles. The normalized spacial score (nSPS) is 11.5. The first-order valence-corrected chi connectivity index (χ1v) is 10.9. The Balaban J connectivity index is 1.99. The van der Waals surface area contributed by atoms with Gasteiger partial charge in [0.25, 0.3) is 11.2 Å². The predicted molar refractivity (Wildman–Crippen MR) is 135 cm³/mol. The van der Waals surface area contributed by atoms with Crippen molar-refractivity contribution in [2.75, 3.05) is 7.11 Å². The van der Waals surface area contributed by atoms with Crippen LogP contribution in [0.25, 0.3) is 22.3 Å². The summed E-state index contributed by atoms with van der Waals surface area (Å²) in [6.07, 6.45) is 1.21. The number of rotatable bonds is 6. The van der Waals surface area contributed by atoms with E-state index in [-0.39, 0.29) is 22.9 Å². The minimum atomic E-state index is -0.569. The Kier molecular flexibility index (Phi) is 6.33. The molecule has 35 heavy (non-hydrogen) atoms. The topological polar surface area (TPSA) is 120 Å². The number of hydrogen-bond acceptors (Lipinski definition) is 7. The molecule has 0 spiro atoms. The largest absolute Gasteiger partial charge is 0.507 e. The monoisotopic (exact) mass is 472 g/mol. The maximum atomic E-state index is 13.5. The average Bonchev–Trinajstić information content (AvgIpc) is 2.83. The molecule has 0 unspecified atom stereocenters. The fourth-order valence-electron chi connectivity index (χ4n) is 3.85. The molecule has 0 aliphatic heterocycles. The van der Waals surface area contributed by atoms with Gasteiger partial charge in [-0.3, -0.25) is 14.9 Å². The van der Waals surface area contributed by atoms with Gasteiger partial charge in [0, 0.05) is 23.3 Å². The van der Waals surface area contributed by atoms with Crippen LogP contribution in [0.15, 0.2) is 64.5 Å². The molecule has 4 rings (SSSR count). The molecule has 0 amide bonds. The van der Waals surface area contributed by atoms with Crippen LogP contribution in [0.1, 0.15) is 36.5 Å². The number of methoxy groups -OCH3 is 1. The lowest BCUT2D eigenvalue weighted by Gasteiger charge is -2.17. The number of phenolic OH excluding ortho intramolecular Hbond substituents is 1. The minimum Gasteiger partial charge on any atom is -0.507 e. The second-order valence-electron chi connectivity index (χ2n) is 8.38. The maximum absolute atomic E-state index is 13.5. The van der Waals surface area contributed by atoms with Crippen molar-refractivity contribution in [2.45, 2.75) is 26.7 Å². The first kappa shape index (κ1) is 23.6. The molecule has 178 valence electrons. The molecule has 4 aromatic rings. The molecule has 0 aliphatic rings. The van der Waals surface area contributed by atoms with Gasteiger partial charge < -0.3 is 9.84 Å². The Morgan fingerprint density at radius 2 is 1.91 bits per heavy atom. The number of nitrogens with zero attached hydrogens (tertiary/aromatic N) is 4. The molecule has 9 heteroatoms. The number of phenols is 1. The third-order valence-corrected chi connectivity index (χ3v) is 5.73. The third-order valence-electron chi connectivity index (χ3n) is 5.73. The summed E-state index contributed by atoms with van der Waals surface area (Å²) >= 11 is 0. The summed E-state index contributed by atoms with van der Waals surface area (Å²) in [7, 11) is 1.61. The van der Waals surface area contributed by atoms with Crippen LogP contribution >= 0.6 is 0 Å². The minimum absolute atomic E-state index is 0.0968. The number of hydrogen-bond donors (Lipinski definition) is 1. The van der Waals surface area contributed by atoms with E-state index in [1.807, 2.05) is 32.9 Å². The van der Waals surface area contributed by atoms with Crippen LogP contribution < -0.4 is 10.3 Å². The predicted octanol–water partition coefficient (Wildman–Crippen LogP) is 5.00. The Bertz CT molecular complexity index is 1540. The van der Waals surface area contributed by atoms with Gasteiger partial charge >= 0.3 is 0 Å². The Labute approximate surface area is 201 Å². The van der Waals surface area contributed by atoms with E-state index in [1.165, 1.54) is 24.4 Å². The molecule has 9 nitrogen and oxygen atoms in total. The molecule has 1 N–H and O–H groups in total. The van der Waals surface area contributed by atoms with Crippen LogP contribution in [0.5, 0.6) is 11.5 Å². The summed E-state index contributed by atoms with van der Waals surface area (Å²) in [4.78, 5) is 28.8. The van der Waals surface area contributed by atoms with E-state index in [0.717, 1.165) is 21.6 Å². The maximum Gasteiger partial charge on any atom is 0.282 e. The molecule has 0 saturated heterocycles. The fourth-order valence-corrected chi connectivity index (χ4v) is 3.85. The van der Waals surface area contributed by atoms with Gasteiger partial charge in [-0.05, 0) is 54.3 Å². The Morgan fingerprint density at radius 1 is 1.17 bits per heavy atom. The van der Waals surface area contributed by atoms with Crippen LogP contribution in [-0.2, 0) is 0 Å². The highest BCUT2D eigenvalue weighted by Gasteiger charge is 2.18. The summed E-state index contributed by atoms with van der Waals surface area (Å²) in [5.74, 6) is 0.985. The van der Waals surface area contributed by atoms with Gasteiger partial charge in [-0.15, -0.1) is 0 Å². The van der Waals surface area contributed by atoms with E-state index >= 15 is 0 Å². The standard InChI is InChI=1S/C26H24N4O5/c1-15(2)20-13-21(16(3)11-24(20)35-4)25-28-22-8-6-5-7-19(22)26(32)29(25)27-14-17-12-18(30(33)34)9-10-23(17)31/h5-15,31H,1-4H3. The first-order chi connectivity index (χ1) is 16.7. The van der Waals surface area contributed by atoms with Gasteiger partial charge in [0.2, 0.25) is 0 Å². The van der Waals surface area contributed by atoms with E-state index in [2.05, 4.69) is 5.10 Å². The number of aromatic hydroxyl groups is 1.